The molecule has 14 nitrogen and oxygen atoms in total. The molecule has 2 fully saturated rings. The molecule has 16 heteroatoms. The summed E-state index contributed by atoms with van der Waals surface area (Å²) < 4.78 is 28.3. The Hall–Kier alpha value is -2.00. The number of carbonyl (C=O) groups is 1. The van der Waals surface area contributed by atoms with Crippen LogP contribution in [0.5, 0.6) is 0 Å². The number of amides is 1. The number of unbranched alkanes of at least 4 members (excludes halogenated alkanes) is 1. The summed E-state index contributed by atoms with van der Waals surface area (Å²) in [6, 6.07) is 0. The van der Waals surface area contributed by atoms with Gasteiger partial charge in [0.2, 0.25) is 11.9 Å². The zero-order valence-electron chi connectivity index (χ0n) is 17.0. The fraction of sp³-hybridized carbons (Fsp3) is 0.600. The molecular weight excluding hydrogens is 455 g/mol. The number of nitrogens with one attached hydrogen (secondary N) is 1. The van der Waals surface area contributed by atoms with Gasteiger partial charge in [0.25, 0.3) is 13.4 Å². The average molecular weight is 476 g/mol. The van der Waals surface area contributed by atoms with E-state index in [2.05, 4.69) is 19.5 Å². The van der Waals surface area contributed by atoms with Crippen molar-refractivity contribution < 1.29 is 34.6 Å². The fourth-order valence-electron chi connectivity index (χ4n) is 3.42. The van der Waals surface area contributed by atoms with Gasteiger partial charge in [0.15, 0.2) is 22.5 Å². The lowest BCUT2D eigenvalue weighted by atomic mass is 10.1. The molecule has 170 valence electrons. The number of nitrogens with two attached hydrogens (primary N) is 2. The van der Waals surface area contributed by atoms with Crippen LogP contribution in [-0.4, -0.2) is 61.2 Å². The molecule has 0 spiro atoms. The number of nitrogens with zero attached hydrogens (tertiary/aromatic N) is 3. The summed E-state index contributed by atoms with van der Waals surface area (Å²) in [6.07, 6.45) is -3.15. The first-order valence-corrected chi connectivity index (χ1v) is 11.8. The number of phosphoric ester groups is 1. The average Bonchev–Trinajstić information content (AvgIpc) is 3.18. The number of aromatic nitrogens is 4. The number of ether oxygens (including phenoxy) is 1. The topological polar surface area (TPSA) is 221 Å². The van der Waals surface area contributed by atoms with Crippen LogP contribution in [0.4, 0.5) is 5.95 Å². The molecule has 0 saturated carbocycles. The Bertz CT molecular complexity index is 1110. The molecule has 0 aromatic carbocycles. The molecular formula is C15H21N6O8PS. The second kappa shape index (κ2) is 8.50. The van der Waals surface area contributed by atoms with Gasteiger partial charge in [-0.1, -0.05) is 11.8 Å². The Balaban J connectivity index is 0.00000289. The number of aliphatic hydroxyl groups excluding tert-OH is 1. The van der Waals surface area contributed by atoms with E-state index in [0.717, 1.165) is 0 Å². The third-order valence-electron chi connectivity index (χ3n) is 4.80. The van der Waals surface area contributed by atoms with Crippen molar-refractivity contribution in [2.75, 3.05) is 18.1 Å². The van der Waals surface area contributed by atoms with Crippen molar-refractivity contribution >= 4 is 42.6 Å². The number of anilines is 1. The Morgan fingerprint density at radius 2 is 2.23 bits per heavy atom. The van der Waals surface area contributed by atoms with Gasteiger partial charge in [-0.25, -0.2) is 4.98 Å². The largest absolute Gasteiger partial charge is 1.00 e. The summed E-state index contributed by atoms with van der Waals surface area (Å²) >= 11 is 1.25. The Labute approximate surface area is 180 Å². The van der Waals surface area contributed by atoms with Crippen LogP contribution in [-0.2, 0) is 23.1 Å². The number of H-pyrrole nitrogens is 1. The predicted molar refractivity (Wildman–Crippen MR) is 106 cm³/mol. The minimum atomic E-state index is -4.55. The second-order valence-corrected chi connectivity index (χ2v) is 9.45. The normalized spacial score (nSPS) is 30.5. The molecule has 1 amide bonds. The number of nitrogen functional groups attached to an aromatic ring is 1. The molecule has 0 aliphatic carbocycles. The van der Waals surface area contributed by atoms with Crippen LogP contribution in [0, 0.1) is 0 Å². The van der Waals surface area contributed by atoms with E-state index in [1.54, 1.807) is 0 Å². The summed E-state index contributed by atoms with van der Waals surface area (Å²) in [5, 5.41) is 11.1. The van der Waals surface area contributed by atoms with Crippen molar-refractivity contribution in [2.24, 2.45) is 5.73 Å². The number of hydrogen-bond donors (Lipinski definition) is 4. The third-order valence-corrected chi connectivity index (χ3v) is 6.80. The standard InChI is InChI=1S/C15H21N6O8PS/c16-7(22)3-1-2-4-31-15-18-8-11(19-14(17)20-12(8)24)21(15)13-9(23)10-6(28-13)5-27-30(25,26)29-10/h6,9-10,13,23H,1-5H2,(H2,16,22)(H,25,26)(H3,17,19,20,24)/t6?,9?,10-,13-/m1/s1. The zero-order valence-corrected chi connectivity index (χ0v) is 17.7. The minimum absolute atomic E-state index is 0. The molecule has 2 saturated heterocycles. The number of aliphatic hydroxyl groups is 1. The molecule has 4 rings (SSSR count). The van der Waals surface area contributed by atoms with Gasteiger partial charge in [0.1, 0.15) is 18.3 Å². The number of carbonyl (C=O) groups excluding carboxylic acids is 1. The lowest BCUT2D eigenvalue weighted by Crippen LogP contribution is -2.41. The minimum Gasteiger partial charge on any atom is -0.756 e. The number of imidazole rings is 1. The van der Waals surface area contributed by atoms with Crippen LogP contribution in [0.3, 0.4) is 0 Å². The maximum Gasteiger partial charge on any atom is 1.00 e. The van der Waals surface area contributed by atoms with Gasteiger partial charge < -0.3 is 35.3 Å². The fourth-order valence-corrected chi connectivity index (χ4v) is 5.38. The van der Waals surface area contributed by atoms with E-state index in [-0.39, 0.29) is 31.6 Å². The molecule has 0 radical (unpaired) electrons. The summed E-state index contributed by atoms with van der Waals surface area (Å²) in [6.45, 7) is -0.322. The highest BCUT2D eigenvalue weighted by Crippen LogP contribution is 2.50. The van der Waals surface area contributed by atoms with Crippen LogP contribution >= 0.6 is 19.6 Å². The van der Waals surface area contributed by atoms with E-state index >= 15 is 0 Å². The first kappa shape index (κ1) is 22.2. The number of aromatic amines is 1. The molecule has 4 heterocycles. The lowest BCUT2D eigenvalue weighted by molar-refractivity contribution is -0.245. The maximum absolute atomic E-state index is 12.3. The summed E-state index contributed by atoms with van der Waals surface area (Å²) in [5.41, 5.74) is 10.3. The van der Waals surface area contributed by atoms with Crippen molar-refractivity contribution in [1.29, 1.82) is 0 Å². The summed E-state index contributed by atoms with van der Waals surface area (Å²) in [5.74, 6) is -0.0358. The molecule has 2 aliphatic heterocycles. The molecule has 5 atom stereocenters. The van der Waals surface area contributed by atoms with E-state index in [1.165, 1.54) is 16.3 Å². The monoisotopic (exact) mass is 476 g/mol. The smallest absolute Gasteiger partial charge is 0.756 e. The number of fused-ring (bicyclic) bond motifs is 2. The number of thioether (sulfide) groups is 1. The number of phosphoric acid groups is 1. The van der Waals surface area contributed by atoms with Crippen molar-refractivity contribution in [3.63, 3.8) is 0 Å². The van der Waals surface area contributed by atoms with E-state index < -0.39 is 43.8 Å². The quantitative estimate of drug-likeness (QED) is 0.208. The first-order valence-electron chi connectivity index (χ1n) is 9.32. The van der Waals surface area contributed by atoms with Crippen molar-refractivity contribution in [3.05, 3.63) is 10.4 Å². The van der Waals surface area contributed by atoms with Gasteiger partial charge in [-0.15, -0.1) is 0 Å². The lowest BCUT2D eigenvalue weighted by Gasteiger charge is -2.34. The van der Waals surface area contributed by atoms with Gasteiger partial charge >= 0.3 is 1.43 Å². The Kier molecular flexibility index (Phi) is 6.09. The molecule has 0 bridgehead atoms. The van der Waals surface area contributed by atoms with Crippen LogP contribution in [0.15, 0.2) is 9.95 Å². The van der Waals surface area contributed by atoms with Crippen LogP contribution in [0.2, 0.25) is 0 Å². The van der Waals surface area contributed by atoms with Gasteiger partial charge in [-0.2, -0.15) is 4.98 Å². The summed E-state index contributed by atoms with van der Waals surface area (Å²) in [4.78, 5) is 45.6. The highest BCUT2D eigenvalue weighted by molar-refractivity contribution is 7.99. The number of hydrogen-bond acceptors (Lipinski definition) is 12. The van der Waals surface area contributed by atoms with E-state index in [0.29, 0.717) is 23.8 Å². The second-order valence-electron chi connectivity index (χ2n) is 7.03. The molecule has 31 heavy (non-hydrogen) atoms. The molecule has 3 unspecified atom stereocenters. The molecule has 2 aromatic rings. The Morgan fingerprint density at radius 3 is 2.97 bits per heavy atom. The third kappa shape index (κ3) is 4.48. The van der Waals surface area contributed by atoms with E-state index in [9.17, 15) is 24.2 Å². The van der Waals surface area contributed by atoms with Crippen LogP contribution in [0.25, 0.3) is 11.2 Å². The highest BCUT2D eigenvalue weighted by Gasteiger charge is 2.51. The van der Waals surface area contributed by atoms with Crippen molar-refractivity contribution in [3.8, 4) is 0 Å². The maximum atomic E-state index is 12.3. The summed E-state index contributed by atoms with van der Waals surface area (Å²) in [7, 11) is -4.55. The first-order chi connectivity index (χ1) is 14.7. The van der Waals surface area contributed by atoms with Crippen molar-refractivity contribution in [1.82, 2.24) is 19.5 Å². The molecule has 6 N–H and O–H groups in total. The SMILES string of the molecule is NC(=O)CCCCSc1nc2c(=O)[nH]c(N)nc2n1[C@@H]1OC2COP(=O)([O-])O[C@H]2C1O.[H+]. The highest BCUT2D eigenvalue weighted by atomic mass is 32.2. The van der Waals surface area contributed by atoms with E-state index in [4.69, 9.17) is 20.7 Å². The van der Waals surface area contributed by atoms with Gasteiger partial charge in [-0.3, -0.25) is 23.7 Å². The molecule has 2 aromatic heterocycles. The Morgan fingerprint density at radius 1 is 1.45 bits per heavy atom. The van der Waals surface area contributed by atoms with Gasteiger partial charge in [0.05, 0.1) is 6.61 Å². The van der Waals surface area contributed by atoms with Gasteiger partial charge in [0, 0.05) is 12.2 Å². The van der Waals surface area contributed by atoms with Gasteiger partial charge in [-0.05, 0) is 12.8 Å². The number of rotatable bonds is 7. The zero-order chi connectivity index (χ0) is 22.3. The predicted octanol–water partition coefficient (Wildman–Crippen LogP) is -1.30. The van der Waals surface area contributed by atoms with Crippen LogP contribution < -0.4 is 21.9 Å². The van der Waals surface area contributed by atoms with Crippen LogP contribution in [0.1, 0.15) is 26.9 Å². The van der Waals surface area contributed by atoms with E-state index in [1.807, 2.05) is 0 Å². The molecule has 2 aliphatic rings. The number of primary amides is 1. The van der Waals surface area contributed by atoms with Crippen molar-refractivity contribution in [2.45, 2.75) is 49.0 Å².